The van der Waals surface area contributed by atoms with Gasteiger partial charge in [0.05, 0.1) is 6.10 Å². The molecule has 0 bridgehead atoms. The molecule has 0 radical (unpaired) electrons. The normalized spacial score (nSPS) is 25.7. The first kappa shape index (κ1) is 9.26. The average molecular weight is 170 g/mol. The summed E-state index contributed by atoms with van der Waals surface area (Å²) in [6.45, 7) is 5.52. The predicted octanol–water partition coefficient (Wildman–Crippen LogP) is 1.02. The van der Waals surface area contributed by atoms with E-state index in [0.29, 0.717) is 18.4 Å². The van der Waals surface area contributed by atoms with Gasteiger partial charge in [0.2, 0.25) is 0 Å². The third-order valence-corrected chi connectivity index (χ3v) is 2.01. The molecule has 1 heterocycles. The zero-order chi connectivity index (χ0) is 9.14. The summed E-state index contributed by atoms with van der Waals surface area (Å²) < 4.78 is 4.90. The Morgan fingerprint density at radius 1 is 1.83 bits per heavy atom. The van der Waals surface area contributed by atoms with E-state index in [0.717, 1.165) is 6.42 Å². The standard InChI is InChI=1S/C9H14O3/c1-3-4-7(10)8-5-6(2)9(11)12-8/h7-8,10H,2-5H2,1H3. The molecule has 1 rings (SSSR count). The van der Waals surface area contributed by atoms with E-state index in [1.165, 1.54) is 0 Å². The maximum absolute atomic E-state index is 10.9. The summed E-state index contributed by atoms with van der Waals surface area (Å²) >= 11 is 0. The second-order valence-electron chi connectivity index (χ2n) is 3.11. The lowest BCUT2D eigenvalue weighted by molar-refractivity contribution is -0.143. The molecule has 0 aliphatic carbocycles. The first-order valence-corrected chi connectivity index (χ1v) is 4.22. The molecule has 1 N–H and O–H groups in total. The van der Waals surface area contributed by atoms with E-state index in [9.17, 15) is 9.90 Å². The Morgan fingerprint density at radius 2 is 2.50 bits per heavy atom. The number of cyclic esters (lactones) is 1. The summed E-state index contributed by atoms with van der Waals surface area (Å²) in [5.74, 6) is -0.366. The summed E-state index contributed by atoms with van der Waals surface area (Å²) in [6.07, 6.45) is 1.15. The zero-order valence-electron chi connectivity index (χ0n) is 7.25. The molecule has 2 unspecified atom stereocenters. The van der Waals surface area contributed by atoms with Crippen LogP contribution in [0.4, 0.5) is 0 Å². The van der Waals surface area contributed by atoms with Crippen molar-refractivity contribution in [1.29, 1.82) is 0 Å². The highest BCUT2D eigenvalue weighted by Gasteiger charge is 2.32. The van der Waals surface area contributed by atoms with Crippen LogP contribution in [0.25, 0.3) is 0 Å². The van der Waals surface area contributed by atoms with Crippen LogP contribution in [0.2, 0.25) is 0 Å². The van der Waals surface area contributed by atoms with Gasteiger partial charge in [-0.15, -0.1) is 0 Å². The van der Waals surface area contributed by atoms with Crippen molar-refractivity contribution in [3.63, 3.8) is 0 Å². The van der Waals surface area contributed by atoms with Gasteiger partial charge < -0.3 is 9.84 Å². The van der Waals surface area contributed by atoms with Crippen LogP contribution in [0.3, 0.4) is 0 Å². The highest BCUT2D eigenvalue weighted by Crippen LogP contribution is 2.22. The molecular weight excluding hydrogens is 156 g/mol. The second kappa shape index (κ2) is 3.72. The van der Waals surface area contributed by atoms with Crippen LogP contribution in [0, 0.1) is 0 Å². The first-order valence-electron chi connectivity index (χ1n) is 4.22. The predicted molar refractivity (Wildman–Crippen MR) is 44.6 cm³/mol. The highest BCUT2D eigenvalue weighted by atomic mass is 16.6. The number of ether oxygens (including phenoxy) is 1. The lowest BCUT2D eigenvalue weighted by Crippen LogP contribution is -2.25. The van der Waals surface area contributed by atoms with Crippen LogP contribution in [-0.4, -0.2) is 23.3 Å². The molecular formula is C9H14O3. The monoisotopic (exact) mass is 170 g/mol. The number of esters is 1. The molecule has 0 saturated carbocycles. The maximum Gasteiger partial charge on any atom is 0.333 e. The van der Waals surface area contributed by atoms with E-state index < -0.39 is 6.10 Å². The number of rotatable bonds is 3. The zero-order valence-corrected chi connectivity index (χ0v) is 7.25. The van der Waals surface area contributed by atoms with Gasteiger partial charge in [0, 0.05) is 12.0 Å². The van der Waals surface area contributed by atoms with Crippen molar-refractivity contribution in [1.82, 2.24) is 0 Å². The summed E-state index contributed by atoms with van der Waals surface area (Å²) in [6, 6.07) is 0. The maximum atomic E-state index is 10.9. The molecule has 68 valence electrons. The largest absolute Gasteiger partial charge is 0.456 e. The van der Waals surface area contributed by atoms with Gasteiger partial charge in [-0.1, -0.05) is 19.9 Å². The van der Waals surface area contributed by atoms with E-state index in [-0.39, 0.29) is 12.1 Å². The lowest BCUT2D eigenvalue weighted by atomic mass is 10.1. The second-order valence-corrected chi connectivity index (χ2v) is 3.11. The summed E-state index contributed by atoms with van der Waals surface area (Å²) in [5.41, 5.74) is 0.468. The van der Waals surface area contributed by atoms with Crippen molar-refractivity contribution in [2.24, 2.45) is 0 Å². The Morgan fingerprint density at radius 3 is 2.92 bits per heavy atom. The molecule has 0 aromatic heterocycles. The molecule has 1 aliphatic heterocycles. The molecule has 0 aromatic carbocycles. The average Bonchev–Trinajstić information content (AvgIpc) is 2.33. The van der Waals surface area contributed by atoms with Crippen LogP contribution in [0.5, 0.6) is 0 Å². The van der Waals surface area contributed by atoms with E-state index in [1.807, 2.05) is 6.92 Å². The van der Waals surface area contributed by atoms with Gasteiger partial charge >= 0.3 is 5.97 Å². The SMILES string of the molecule is C=C1CC(C(O)CCC)OC1=O. The highest BCUT2D eigenvalue weighted by molar-refractivity contribution is 5.89. The third kappa shape index (κ3) is 1.85. The molecule has 3 nitrogen and oxygen atoms in total. The van der Waals surface area contributed by atoms with Gasteiger partial charge in [0.1, 0.15) is 6.10 Å². The number of hydrogen-bond acceptors (Lipinski definition) is 3. The minimum atomic E-state index is -0.529. The van der Waals surface area contributed by atoms with Crippen molar-refractivity contribution in [2.45, 2.75) is 38.4 Å². The van der Waals surface area contributed by atoms with E-state index in [1.54, 1.807) is 0 Å². The van der Waals surface area contributed by atoms with Crippen molar-refractivity contribution in [3.8, 4) is 0 Å². The van der Waals surface area contributed by atoms with Crippen LogP contribution in [0.1, 0.15) is 26.2 Å². The number of hydrogen-bond donors (Lipinski definition) is 1. The fourth-order valence-corrected chi connectivity index (χ4v) is 1.28. The summed E-state index contributed by atoms with van der Waals surface area (Å²) in [7, 11) is 0. The van der Waals surface area contributed by atoms with E-state index >= 15 is 0 Å². The molecule has 2 atom stereocenters. The smallest absolute Gasteiger partial charge is 0.333 e. The number of aliphatic hydroxyl groups is 1. The fraction of sp³-hybridized carbons (Fsp3) is 0.667. The van der Waals surface area contributed by atoms with Crippen LogP contribution in [-0.2, 0) is 9.53 Å². The van der Waals surface area contributed by atoms with E-state index in [2.05, 4.69) is 6.58 Å². The number of aliphatic hydroxyl groups excluding tert-OH is 1. The van der Waals surface area contributed by atoms with Gasteiger partial charge in [0.15, 0.2) is 0 Å². The molecule has 0 amide bonds. The van der Waals surface area contributed by atoms with Crippen LogP contribution >= 0.6 is 0 Å². The first-order chi connectivity index (χ1) is 5.65. The molecule has 12 heavy (non-hydrogen) atoms. The number of carbonyl (C=O) groups excluding carboxylic acids is 1. The van der Waals surface area contributed by atoms with Crippen LogP contribution < -0.4 is 0 Å². The Labute approximate surface area is 72.0 Å². The van der Waals surface area contributed by atoms with Crippen molar-refractivity contribution >= 4 is 5.97 Å². The Balaban J connectivity index is 2.45. The minimum absolute atomic E-state index is 0.357. The topological polar surface area (TPSA) is 46.5 Å². The van der Waals surface area contributed by atoms with E-state index in [4.69, 9.17) is 4.74 Å². The Kier molecular flexibility index (Phi) is 2.87. The van der Waals surface area contributed by atoms with Crippen molar-refractivity contribution in [3.05, 3.63) is 12.2 Å². The molecule has 0 aromatic rings. The molecule has 0 spiro atoms. The lowest BCUT2D eigenvalue weighted by Gasteiger charge is -2.14. The van der Waals surface area contributed by atoms with Crippen molar-refractivity contribution < 1.29 is 14.6 Å². The van der Waals surface area contributed by atoms with Gasteiger partial charge in [-0.2, -0.15) is 0 Å². The minimum Gasteiger partial charge on any atom is -0.456 e. The van der Waals surface area contributed by atoms with Gasteiger partial charge in [-0.05, 0) is 6.42 Å². The summed E-state index contributed by atoms with van der Waals surface area (Å²) in [4.78, 5) is 10.9. The van der Waals surface area contributed by atoms with Gasteiger partial charge in [-0.25, -0.2) is 4.79 Å². The molecule has 1 aliphatic rings. The molecule has 1 fully saturated rings. The summed E-state index contributed by atoms with van der Waals surface area (Å²) in [5, 5.41) is 9.47. The van der Waals surface area contributed by atoms with Gasteiger partial charge in [0.25, 0.3) is 0 Å². The van der Waals surface area contributed by atoms with Gasteiger partial charge in [-0.3, -0.25) is 0 Å². The van der Waals surface area contributed by atoms with Crippen LogP contribution in [0.15, 0.2) is 12.2 Å². The Bertz CT molecular complexity index is 182. The Hall–Kier alpha value is -0.830. The number of carbonyl (C=O) groups is 1. The fourth-order valence-electron chi connectivity index (χ4n) is 1.28. The molecule has 3 heteroatoms. The van der Waals surface area contributed by atoms with Crippen molar-refractivity contribution in [2.75, 3.05) is 0 Å². The third-order valence-electron chi connectivity index (χ3n) is 2.01. The quantitative estimate of drug-likeness (QED) is 0.508. The molecule has 1 saturated heterocycles.